The zero-order valence-electron chi connectivity index (χ0n) is 7.59. The molecule has 1 N–H and O–H groups in total. The van der Waals surface area contributed by atoms with Crippen molar-refractivity contribution < 1.29 is 13.2 Å². The van der Waals surface area contributed by atoms with Crippen LogP contribution in [-0.4, -0.2) is 20.2 Å². The first-order chi connectivity index (χ1) is 7.47. The number of nitrogens with zero attached hydrogens (tertiary/aromatic N) is 3. The van der Waals surface area contributed by atoms with E-state index in [0.717, 1.165) is 4.47 Å². The Morgan fingerprint density at radius 1 is 1.25 bits per heavy atom. The number of halogens is 4. The molecular formula is C8H4BrF3N4. The lowest BCUT2D eigenvalue weighted by Gasteiger charge is -1.98. The number of aromatic nitrogens is 4. The summed E-state index contributed by atoms with van der Waals surface area (Å²) in [6.45, 7) is 0. The smallest absolute Gasteiger partial charge is 0.255 e. The van der Waals surface area contributed by atoms with Crippen LogP contribution in [0, 0.1) is 0 Å². The molecule has 0 aliphatic heterocycles. The van der Waals surface area contributed by atoms with Gasteiger partial charge >= 0.3 is 6.18 Å². The van der Waals surface area contributed by atoms with E-state index in [9.17, 15) is 13.2 Å². The van der Waals surface area contributed by atoms with E-state index >= 15 is 0 Å². The summed E-state index contributed by atoms with van der Waals surface area (Å²) in [5.74, 6) is -1.22. The molecule has 2 rings (SSSR count). The number of hydrogen-bond donors (Lipinski definition) is 1. The summed E-state index contributed by atoms with van der Waals surface area (Å²) in [6, 6.07) is 3.17. The molecule has 0 amide bonds. The Bertz CT molecular complexity index is 491. The van der Waals surface area contributed by atoms with Crippen molar-refractivity contribution in [2.75, 3.05) is 0 Å². The molecule has 0 atom stereocenters. The van der Waals surface area contributed by atoms with Crippen molar-refractivity contribution in [1.29, 1.82) is 0 Å². The van der Waals surface area contributed by atoms with Crippen molar-refractivity contribution >= 4 is 15.9 Å². The lowest BCUT2D eigenvalue weighted by molar-refractivity contribution is -0.144. The number of nitrogens with one attached hydrogen (secondary N) is 1. The van der Waals surface area contributed by atoms with Crippen LogP contribution in [0.4, 0.5) is 13.2 Å². The largest absolute Gasteiger partial charge is 0.451 e. The fourth-order valence-corrected chi connectivity index (χ4v) is 1.25. The van der Waals surface area contributed by atoms with Crippen molar-refractivity contribution in [3.8, 4) is 11.5 Å². The van der Waals surface area contributed by atoms with Gasteiger partial charge in [0.2, 0.25) is 5.82 Å². The van der Waals surface area contributed by atoms with Gasteiger partial charge in [-0.25, -0.2) is 4.98 Å². The number of alkyl halides is 3. The maximum Gasteiger partial charge on any atom is 0.451 e. The summed E-state index contributed by atoms with van der Waals surface area (Å²) in [5, 5.41) is 5.27. The fraction of sp³-hybridized carbons (Fsp3) is 0.125. The average Bonchev–Trinajstić information content (AvgIpc) is 2.67. The minimum atomic E-state index is -4.53. The van der Waals surface area contributed by atoms with Crippen LogP contribution >= 0.6 is 15.9 Å². The molecule has 4 nitrogen and oxygen atoms in total. The Morgan fingerprint density at radius 2 is 2.00 bits per heavy atom. The van der Waals surface area contributed by atoms with Gasteiger partial charge in [0, 0.05) is 10.7 Å². The van der Waals surface area contributed by atoms with Gasteiger partial charge in [-0.05, 0) is 28.1 Å². The van der Waals surface area contributed by atoms with Crippen LogP contribution in [0.1, 0.15) is 5.82 Å². The molecule has 2 aromatic rings. The summed E-state index contributed by atoms with van der Waals surface area (Å²) in [6.07, 6.45) is -3.07. The molecule has 2 heterocycles. The summed E-state index contributed by atoms with van der Waals surface area (Å²) in [5.41, 5.74) is 0.273. The van der Waals surface area contributed by atoms with Gasteiger partial charge in [-0.3, -0.25) is 10.1 Å². The van der Waals surface area contributed by atoms with E-state index in [4.69, 9.17) is 0 Å². The topological polar surface area (TPSA) is 54.5 Å². The van der Waals surface area contributed by atoms with E-state index in [-0.39, 0.29) is 11.5 Å². The molecule has 0 spiro atoms. The van der Waals surface area contributed by atoms with E-state index < -0.39 is 12.0 Å². The zero-order chi connectivity index (χ0) is 11.8. The fourth-order valence-electron chi connectivity index (χ4n) is 1.01. The summed E-state index contributed by atoms with van der Waals surface area (Å²) in [4.78, 5) is 7.20. The molecule has 0 aromatic carbocycles. The van der Waals surface area contributed by atoms with E-state index in [1.807, 2.05) is 5.10 Å². The normalized spacial score (nSPS) is 11.8. The Labute approximate surface area is 96.1 Å². The SMILES string of the molecule is FC(F)(F)c1nc(-c2ccc(Br)cn2)n[nH]1. The maximum atomic E-state index is 12.2. The zero-order valence-corrected chi connectivity index (χ0v) is 9.17. The van der Waals surface area contributed by atoms with E-state index in [1.165, 1.54) is 12.3 Å². The summed E-state index contributed by atoms with van der Waals surface area (Å²) >= 11 is 3.16. The van der Waals surface area contributed by atoms with Crippen molar-refractivity contribution in [3.05, 3.63) is 28.6 Å². The molecule has 0 bridgehead atoms. The predicted octanol–water partition coefficient (Wildman–Crippen LogP) is 2.65. The number of hydrogen-bond acceptors (Lipinski definition) is 3. The third-order valence-corrected chi connectivity index (χ3v) is 2.18. The molecule has 0 saturated carbocycles. The van der Waals surface area contributed by atoms with Crippen LogP contribution in [0.3, 0.4) is 0 Å². The standard InChI is InChI=1S/C8H4BrF3N4/c9-4-1-2-5(13-3-4)6-14-7(16-15-6)8(10,11)12/h1-3H,(H,14,15,16). The number of pyridine rings is 1. The van der Waals surface area contributed by atoms with Gasteiger partial charge in [-0.2, -0.15) is 18.3 Å². The summed E-state index contributed by atoms with van der Waals surface area (Å²) < 4.78 is 37.4. The van der Waals surface area contributed by atoms with Crippen LogP contribution in [0.2, 0.25) is 0 Å². The van der Waals surface area contributed by atoms with Crippen molar-refractivity contribution in [1.82, 2.24) is 20.2 Å². The predicted molar refractivity (Wildman–Crippen MR) is 52.3 cm³/mol. The Balaban J connectivity index is 2.35. The van der Waals surface area contributed by atoms with Crippen LogP contribution < -0.4 is 0 Å². The lowest BCUT2D eigenvalue weighted by atomic mass is 10.3. The van der Waals surface area contributed by atoms with Gasteiger partial charge in [0.05, 0.1) is 0 Å². The third kappa shape index (κ3) is 2.21. The molecule has 2 aromatic heterocycles. The Hall–Kier alpha value is -1.44. The molecule has 84 valence electrons. The molecule has 0 aliphatic carbocycles. The monoisotopic (exact) mass is 292 g/mol. The highest BCUT2D eigenvalue weighted by Gasteiger charge is 2.35. The summed E-state index contributed by atoms with van der Waals surface area (Å²) in [7, 11) is 0. The first kappa shape index (κ1) is 11.1. The Morgan fingerprint density at radius 3 is 2.50 bits per heavy atom. The molecule has 0 radical (unpaired) electrons. The van der Waals surface area contributed by atoms with Gasteiger partial charge in [-0.1, -0.05) is 0 Å². The maximum absolute atomic E-state index is 12.2. The first-order valence-electron chi connectivity index (χ1n) is 4.08. The van der Waals surface area contributed by atoms with Gasteiger partial charge < -0.3 is 0 Å². The molecule has 0 aliphatic rings. The van der Waals surface area contributed by atoms with Crippen LogP contribution in [-0.2, 0) is 6.18 Å². The number of rotatable bonds is 1. The Kier molecular flexibility index (Phi) is 2.66. The van der Waals surface area contributed by atoms with Crippen molar-refractivity contribution in [2.24, 2.45) is 0 Å². The highest BCUT2D eigenvalue weighted by Crippen LogP contribution is 2.27. The molecule has 16 heavy (non-hydrogen) atoms. The third-order valence-electron chi connectivity index (χ3n) is 1.71. The number of H-pyrrole nitrogens is 1. The van der Waals surface area contributed by atoms with Crippen LogP contribution in [0.5, 0.6) is 0 Å². The van der Waals surface area contributed by atoms with Crippen molar-refractivity contribution in [3.63, 3.8) is 0 Å². The quantitative estimate of drug-likeness (QED) is 0.879. The second-order valence-corrected chi connectivity index (χ2v) is 3.78. The van der Waals surface area contributed by atoms with Gasteiger partial charge in [0.1, 0.15) is 5.69 Å². The molecule has 0 fully saturated rings. The van der Waals surface area contributed by atoms with Gasteiger partial charge in [0.15, 0.2) is 5.82 Å². The number of aromatic amines is 1. The molecule has 8 heteroatoms. The second kappa shape index (κ2) is 3.85. The first-order valence-corrected chi connectivity index (χ1v) is 4.87. The molecular weight excluding hydrogens is 289 g/mol. The van der Waals surface area contributed by atoms with Crippen molar-refractivity contribution in [2.45, 2.75) is 6.18 Å². The van der Waals surface area contributed by atoms with Crippen LogP contribution in [0.15, 0.2) is 22.8 Å². The van der Waals surface area contributed by atoms with E-state index in [0.29, 0.717) is 0 Å². The second-order valence-electron chi connectivity index (χ2n) is 2.87. The molecule has 0 saturated heterocycles. The minimum Gasteiger partial charge on any atom is -0.255 e. The molecule has 0 unspecified atom stereocenters. The van der Waals surface area contributed by atoms with Crippen LogP contribution in [0.25, 0.3) is 11.5 Å². The van der Waals surface area contributed by atoms with Gasteiger partial charge in [0.25, 0.3) is 0 Å². The highest BCUT2D eigenvalue weighted by molar-refractivity contribution is 9.10. The average molecular weight is 293 g/mol. The van der Waals surface area contributed by atoms with E-state index in [1.54, 1.807) is 6.07 Å². The lowest BCUT2D eigenvalue weighted by Crippen LogP contribution is -2.07. The highest BCUT2D eigenvalue weighted by atomic mass is 79.9. The van der Waals surface area contributed by atoms with Gasteiger partial charge in [-0.15, -0.1) is 0 Å². The van der Waals surface area contributed by atoms with E-state index in [2.05, 4.69) is 31.0 Å². The minimum absolute atomic E-state index is 0.0835.